The van der Waals surface area contributed by atoms with Gasteiger partial charge in [-0.2, -0.15) is 5.26 Å². The van der Waals surface area contributed by atoms with Crippen LogP contribution in [0.15, 0.2) is 0 Å². The second kappa shape index (κ2) is 4.80. The normalized spacial score (nSPS) is 38.4. The molecule has 18 heavy (non-hydrogen) atoms. The van der Waals surface area contributed by atoms with Crippen molar-refractivity contribution in [2.75, 3.05) is 6.61 Å². The molecule has 4 atom stereocenters. The fourth-order valence-corrected chi connectivity index (χ4v) is 3.07. The fourth-order valence-electron chi connectivity index (χ4n) is 3.07. The second-order valence-electron chi connectivity index (χ2n) is 5.32. The predicted molar refractivity (Wildman–Crippen MR) is 64.4 cm³/mol. The van der Waals surface area contributed by atoms with Crippen molar-refractivity contribution in [2.45, 2.75) is 57.2 Å². The van der Waals surface area contributed by atoms with Gasteiger partial charge in [-0.3, -0.25) is 0 Å². The molecule has 0 saturated carbocycles. The highest BCUT2D eigenvalue weighted by atomic mass is 16.8. The van der Waals surface area contributed by atoms with Crippen molar-refractivity contribution in [2.24, 2.45) is 0 Å². The van der Waals surface area contributed by atoms with E-state index in [0.717, 1.165) is 0 Å². The lowest BCUT2D eigenvalue weighted by Crippen LogP contribution is -2.51. The highest BCUT2D eigenvalue weighted by molar-refractivity contribution is 6.45. The Morgan fingerprint density at radius 2 is 1.89 bits per heavy atom. The molecule has 2 heterocycles. The fraction of sp³-hybridized carbons (Fsp3) is 0.909. The number of aliphatic hydroxyl groups excluding tert-OH is 1. The number of nitriles is 1. The van der Waals surface area contributed by atoms with Crippen LogP contribution in [0.2, 0.25) is 6.82 Å². The van der Waals surface area contributed by atoms with E-state index in [1.54, 1.807) is 11.6 Å². The molecule has 2 fully saturated rings. The Kier molecular flexibility index (Phi) is 3.67. The van der Waals surface area contributed by atoms with Gasteiger partial charge in [0.2, 0.25) is 0 Å². The van der Waals surface area contributed by atoms with E-state index in [-0.39, 0.29) is 37.3 Å². The summed E-state index contributed by atoms with van der Waals surface area (Å²) in [6, 6.07) is 1.52. The van der Waals surface area contributed by atoms with E-state index in [1.165, 1.54) is 0 Å². The minimum Gasteiger partial charge on any atom is -0.437 e. The largest absolute Gasteiger partial charge is 0.437 e. The van der Waals surface area contributed by atoms with Crippen LogP contribution in [-0.4, -0.2) is 58.7 Å². The highest BCUT2D eigenvalue weighted by Crippen LogP contribution is 2.41. The predicted octanol–water partition coefficient (Wildman–Crippen LogP) is -0.424. The van der Waals surface area contributed by atoms with E-state index in [2.05, 4.69) is 6.07 Å². The summed E-state index contributed by atoms with van der Waals surface area (Å²) in [7, 11) is -0.749. The van der Waals surface area contributed by atoms with E-state index in [0.29, 0.717) is 0 Å². The molecule has 0 aromatic heterocycles. The topological polar surface area (TPSA) is 86.0 Å². The highest BCUT2D eigenvalue weighted by Gasteiger charge is 2.58. The number of aliphatic hydroxyl groups is 1. The smallest absolute Gasteiger partial charge is 0.377 e. The van der Waals surface area contributed by atoms with Crippen molar-refractivity contribution in [1.82, 2.24) is 4.81 Å². The minimum absolute atomic E-state index is 0.132. The van der Waals surface area contributed by atoms with Crippen molar-refractivity contribution in [3.8, 4) is 6.07 Å². The molecular formula is C11H19BN2O4. The summed E-state index contributed by atoms with van der Waals surface area (Å²) in [5.74, 6) is -0.707. The number of ether oxygens (including phenoxy) is 2. The molecule has 2 aliphatic heterocycles. The summed E-state index contributed by atoms with van der Waals surface area (Å²) in [6.45, 7) is 5.12. The molecule has 7 heteroatoms. The van der Waals surface area contributed by atoms with Crippen LogP contribution in [0.3, 0.4) is 0 Å². The molecule has 0 amide bonds. The standard InChI is InChI=1S/C11H19BN2O4/c1-11(2)17-9-7(4-5-13)14(12(3)16)8(6-15)10(9)18-11/h7-10,15-16H,4,6H2,1-3H3/t7-,8+,9-,10+/m0/s1. The molecule has 0 aromatic rings. The molecule has 6 nitrogen and oxygen atoms in total. The van der Waals surface area contributed by atoms with Gasteiger partial charge in [0, 0.05) is 6.04 Å². The van der Waals surface area contributed by atoms with Crippen LogP contribution in [0.25, 0.3) is 0 Å². The van der Waals surface area contributed by atoms with E-state index in [9.17, 15) is 10.1 Å². The van der Waals surface area contributed by atoms with Crippen LogP contribution in [0.4, 0.5) is 0 Å². The van der Waals surface area contributed by atoms with Crippen LogP contribution < -0.4 is 0 Å². The summed E-state index contributed by atoms with van der Waals surface area (Å²) < 4.78 is 11.6. The minimum atomic E-state index is -0.749. The van der Waals surface area contributed by atoms with E-state index >= 15 is 0 Å². The summed E-state index contributed by atoms with van der Waals surface area (Å²) in [6.07, 6.45) is -0.355. The van der Waals surface area contributed by atoms with Crippen molar-refractivity contribution < 1.29 is 19.6 Å². The molecule has 2 saturated heterocycles. The summed E-state index contributed by atoms with van der Waals surface area (Å²) in [5.41, 5.74) is 0. The Balaban J connectivity index is 2.28. The Bertz CT molecular complexity index is 357. The molecule has 2 N–H and O–H groups in total. The van der Waals surface area contributed by atoms with E-state index in [4.69, 9.17) is 14.7 Å². The molecule has 0 aliphatic carbocycles. The summed E-state index contributed by atoms with van der Waals surface area (Å²) in [4.78, 5) is 1.72. The third kappa shape index (κ3) is 2.15. The van der Waals surface area contributed by atoms with Crippen LogP contribution >= 0.6 is 0 Å². The van der Waals surface area contributed by atoms with Crippen LogP contribution in [0, 0.1) is 11.3 Å². The van der Waals surface area contributed by atoms with E-state index in [1.807, 2.05) is 13.8 Å². The van der Waals surface area contributed by atoms with Gasteiger partial charge >= 0.3 is 7.05 Å². The average molecular weight is 254 g/mol. The van der Waals surface area contributed by atoms with Gasteiger partial charge in [0.1, 0.15) is 12.2 Å². The number of hydrogen-bond donors (Lipinski definition) is 2. The zero-order valence-corrected chi connectivity index (χ0v) is 10.9. The van der Waals surface area contributed by atoms with Crippen molar-refractivity contribution >= 4 is 7.05 Å². The molecule has 0 bridgehead atoms. The lowest BCUT2D eigenvalue weighted by atomic mass is 9.82. The molecule has 0 spiro atoms. The molecule has 2 rings (SSSR count). The quantitative estimate of drug-likeness (QED) is 0.665. The Labute approximate surface area is 107 Å². The van der Waals surface area contributed by atoms with Gasteiger partial charge in [0.05, 0.1) is 25.1 Å². The first kappa shape index (κ1) is 13.8. The van der Waals surface area contributed by atoms with Gasteiger partial charge in [-0.25, -0.2) is 0 Å². The maximum Gasteiger partial charge on any atom is 0.377 e. The molecule has 2 aliphatic rings. The van der Waals surface area contributed by atoms with Crippen molar-refractivity contribution in [3.63, 3.8) is 0 Å². The van der Waals surface area contributed by atoms with Crippen LogP contribution in [0.1, 0.15) is 20.3 Å². The summed E-state index contributed by atoms with van der Waals surface area (Å²) >= 11 is 0. The van der Waals surface area contributed by atoms with Gasteiger partial charge in [0.25, 0.3) is 0 Å². The molecular weight excluding hydrogens is 235 g/mol. The van der Waals surface area contributed by atoms with Gasteiger partial charge in [-0.05, 0) is 20.7 Å². The third-order valence-corrected chi connectivity index (χ3v) is 3.61. The Morgan fingerprint density at radius 1 is 1.33 bits per heavy atom. The third-order valence-electron chi connectivity index (χ3n) is 3.61. The molecule has 0 aromatic carbocycles. The number of hydrogen-bond acceptors (Lipinski definition) is 6. The van der Waals surface area contributed by atoms with Crippen LogP contribution in [0.5, 0.6) is 0 Å². The average Bonchev–Trinajstić information content (AvgIpc) is 2.70. The maximum atomic E-state index is 9.83. The van der Waals surface area contributed by atoms with Crippen molar-refractivity contribution in [3.05, 3.63) is 0 Å². The van der Waals surface area contributed by atoms with Crippen molar-refractivity contribution in [1.29, 1.82) is 5.26 Å². The monoisotopic (exact) mass is 254 g/mol. The molecule has 100 valence electrons. The Morgan fingerprint density at radius 3 is 2.33 bits per heavy atom. The first-order valence-corrected chi connectivity index (χ1v) is 6.20. The van der Waals surface area contributed by atoms with E-state index < -0.39 is 12.8 Å². The molecule has 0 unspecified atom stereocenters. The van der Waals surface area contributed by atoms with Gasteiger partial charge in [-0.1, -0.05) is 0 Å². The lowest BCUT2D eigenvalue weighted by molar-refractivity contribution is -0.164. The first-order chi connectivity index (χ1) is 8.41. The zero-order valence-electron chi connectivity index (χ0n) is 10.9. The summed E-state index contributed by atoms with van der Waals surface area (Å²) in [5, 5.41) is 28.3. The Hall–Kier alpha value is -0.645. The van der Waals surface area contributed by atoms with Crippen LogP contribution in [-0.2, 0) is 9.47 Å². The SMILES string of the molecule is CB(O)N1[C@H](CO)[C@H]2OC(C)(C)O[C@H]2[C@@H]1CC#N. The van der Waals surface area contributed by atoms with Gasteiger partial charge in [0.15, 0.2) is 5.79 Å². The zero-order chi connectivity index (χ0) is 13.5. The lowest BCUT2D eigenvalue weighted by Gasteiger charge is -2.33. The maximum absolute atomic E-state index is 9.83. The molecule has 0 radical (unpaired) electrons. The number of fused-ring (bicyclic) bond motifs is 1. The first-order valence-electron chi connectivity index (χ1n) is 6.20. The van der Waals surface area contributed by atoms with Gasteiger partial charge < -0.3 is 24.4 Å². The second-order valence-corrected chi connectivity index (χ2v) is 5.32. The van der Waals surface area contributed by atoms with Gasteiger partial charge in [-0.15, -0.1) is 0 Å². The number of rotatable bonds is 3. The number of nitrogens with zero attached hydrogens (tertiary/aromatic N) is 2.